The molecule has 0 N–H and O–H groups in total. The first-order valence-corrected chi connectivity index (χ1v) is 10.6. The van der Waals surface area contributed by atoms with Gasteiger partial charge in [-0.2, -0.15) is 0 Å². The molecule has 4 aromatic rings. The van der Waals surface area contributed by atoms with Crippen molar-refractivity contribution in [1.29, 1.82) is 0 Å². The number of rotatable bonds is 5. The molecule has 0 saturated heterocycles. The maximum Gasteiger partial charge on any atom is 0.128 e. The van der Waals surface area contributed by atoms with E-state index in [4.69, 9.17) is 4.74 Å². The second-order valence-corrected chi connectivity index (χ2v) is 7.74. The van der Waals surface area contributed by atoms with Crippen LogP contribution in [0.2, 0.25) is 0 Å². The van der Waals surface area contributed by atoms with Gasteiger partial charge in [0.1, 0.15) is 12.4 Å². The first-order valence-electron chi connectivity index (χ1n) is 9.52. The molecular formula is C26H23BrO. The van der Waals surface area contributed by atoms with Crippen LogP contribution in [0.25, 0.3) is 21.9 Å². The molecular weight excluding hydrogens is 408 g/mol. The quantitative estimate of drug-likeness (QED) is 0.296. The minimum atomic E-state index is 0.561. The Morgan fingerprint density at radius 1 is 0.786 bits per heavy atom. The molecule has 0 aromatic heterocycles. The Morgan fingerprint density at radius 3 is 2.32 bits per heavy atom. The van der Waals surface area contributed by atoms with E-state index in [1.54, 1.807) is 0 Å². The molecule has 1 nitrogen and oxygen atoms in total. The van der Waals surface area contributed by atoms with E-state index in [1.165, 1.54) is 44.2 Å². The lowest BCUT2D eigenvalue weighted by atomic mass is 9.90. The van der Waals surface area contributed by atoms with Crippen molar-refractivity contribution in [2.24, 2.45) is 0 Å². The third-order valence-corrected chi connectivity index (χ3v) is 5.69. The van der Waals surface area contributed by atoms with E-state index in [-0.39, 0.29) is 0 Å². The van der Waals surface area contributed by atoms with E-state index in [0.717, 1.165) is 11.1 Å². The van der Waals surface area contributed by atoms with Gasteiger partial charge in [0, 0.05) is 10.9 Å². The predicted molar refractivity (Wildman–Crippen MR) is 122 cm³/mol. The molecule has 0 heterocycles. The van der Waals surface area contributed by atoms with Gasteiger partial charge in [-0.25, -0.2) is 0 Å². The summed E-state index contributed by atoms with van der Waals surface area (Å²) in [5.41, 5.74) is 7.34. The number of aryl methyl sites for hydroxylation is 2. The Hall–Kier alpha value is -2.58. The highest BCUT2D eigenvalue weighted by atomic mass is 79.9. The number of hydrogen-bond acceptors (Lipinski definition) is 1. The van der Waals surface area contributed by atoms with Gasteiger partial charge in [-0.05, 0) is 58.5 Å². The number of benzene rings is 4. The fourth-order valence-electron chi connectivity index (χ4n) is 3.82. The second-order valence-electron chi connectivity index (χ2n) is 7.18. The second kappa shape index (κ2) is 8.20. The van der Waals surface area contributed by atoms with E-state index in [9.17, 15) is 0 Å². The zero-order valence-corrected chi connectivity index (χ0v) is 17.8. The van der Waals surface area contributed by atoms with Crippen molar-refractivity contribution in [3.05, 3.63) is 101 Å². The van der Waals surface area contributed by atoms with E-state index in [2.05, 4.69) is 103 Å². The zero-order chi connectivity index (χ0) is 19.5. The predicted octanol–water partition coefficient (Wildman–Crippen LogP) is 7.60. The lowest BCUT2D eigenvalue weighted by molar-refractivity contribution is 0.307. The number of alkyl halides is 1. The van der Waals surface area contributed by atoms with Crippen LogP contribution in [0.5, 0.6) is 5.75 Å². The number of fused-ring (bicyclic) bond motifs is 1. The first kappa shape index (κ1) is 18.8. The van der Waals surface area contributed by atoms with Gasteiger partial charge in [0.25, 0.3) is 0 Å². The maximum atomic E-state index is 6.37. The van der Waals surface area contributed by atoms with Gasteiger partial charge in [0.15, 0.2) is 0 Å². The molecule has 2 heteroatoms. The van der Waals surface area contributed by atoms with Crippen LogP contribution in [0.15, 0.2) is 78.9 Å². The van der Waals surface area contributed by atoms with Crippen molar-refractivity contribution in [2.75, 3.05) is 0 Å². The van der Waals surface area contributed by atoms with Crippen LogP contribution in [-0.2, 0) is 11.9 Å². The molecule has 0 aliphatic rings. The standard InChI is InChI=1S/C26H23BrO/c1-18-14-19(2)25(24(15-18)28-17-20-8-4-3-5-9-20)26-22(16-27)13-12-21-10-6-7-11-23(21)26/h3-15H,16-17H2,1-2H3. The largest absolute Gasteiger partial charge is 0.488 e. The summed E-state index contributed by atoms with van der Waals surface area (Å²) >= 11 is 3.69. The van der Waals surface area contributed by atoms with Crippen LogP contribution >= 0.6 is 15.9 Å². The van der Waals surface area contributed by atoms with E-state index < -0.39 is 0 Å². The Kier molecular flexibility index (Phi) is 5.50. The number of ether oxygens (including phenoxy) is 1. The Morgan fingerprint density at radius 2 is 1.54 bits per heavy atom. The van der Waals surface area contributed by atoms with Gasteiger partial charge in [-0.3, -0.25) is 0 Å². The molecule has 28 heavy (non-hydrogen) atoms. The molecule has 0 saturated carbocycles. The van der Waals surface area contributed by atoms with Crippen molar-refractivity contribution in [1.82, 2.24) is 0 Å². The van der Waals surface area contributed by atoms with Gasteiger partial charge in [0.2, 0.25) is 0 Å². The summed E-state index contributed by atoms with van der Waals surface area (Å²) in [5.74, 6) is 0.944. The molecule has 0 radical (unpaired) electrons. The highest BCUT2D eigenvalue weighted by molar-refractivity contribution is 9.08. The third-order valence-electron chi connectivity index (χ3n) is 5.09. The summed E-state index contributed by atoms with van der Waals surface area (Å²) in [7, 11) is 0. The van der Waals surface area contributed by atoms with Crippen LogP contribution in [0.3, 0.4) is 0 Å². The highest BCUT2D eigenvalue weighted by Gasteiger charge is 2.17. The summed E-state index contributed by atoms with van der Waals surface area (Å²) in [4.78, 5) is 0. The molecule has 4 aromatic carbocycles. The van der Waals surface area contributed by atoms with Crippen LogP contribution < -0.4 is 4.74 Å². The molecule has 0 unspecified atom stereocenters. The van der Waals surface area contributed by atoms with E-state index in [0.29, 0.717) is 6.61 Å². The summed E-state index contributed by atoms with van der Waals surface area (Å²) in [6.07, 6.45) is 0. The molecule has 0 fully saturated rings. The van der Waals surface area contributed by atoms with Gasteiger partial charge < -0.3 is 4.74 Å². The summed E-state index contributed by atoms with van der Waals surface area (Å²) in [5, 5.41) is 3.31. The van der Waals surface area contributed by atoms with Crippen LogP contribution in [0.1, 0.15) is 22.3 Å². The summed E-state index contributed by atoms with van der Waals surface area (Å²) in [6, 6.07) is 27.7. The first-order chi connectivity index (χ1) is 13.7. The third kappa shape index (κ3) is 3.70. The van der Waals surface area contributed by atoms with Gasteiger partial charge in [-0.15, -0.1) is 0 Å². The summed E-state index contributed by atoms with van der Waals surface area (Å²) < 4.78 is 6.37. The molecule has 0 amide bonds. The SMILES string of the molecule is Cc1cc(C)c(-c2c(CBr)ccc3ccccc23)c(OCc2ccccc2)c1. The fraction of sp³-hybridized carbons (Fsp3) is 0.154. The molecule has 140 valence electrons. The molecule has 0 aliphatic heterocycles. The monoisotopic (exact) mass is 430 g/mol. The molecule has 0 atom stereocenters. The van der Waals surface area contributed by atoms with Crippen LogP contribution in [-0.4, -0.2) is 0 Å². The summed E-state index contributed by atoms with van der Waals surface area (Å²) in [6.45, 7) is 4.86. The minimum Gasteiger partial charge on any atom is -0.488 e. The Balaban J connectivity index is 1.89. The molecule has 0 aliphatic carbocycles. The maximum absolute atomic E-state index is 6.37. The molecule has 0 spiro atoms. The van der Waals surface area contributed by atoms with Crippen molar-refractivity contribution < 1.29 is 4.74 Å². The minimum absolute atomic E-state index is 0.561. The van der Waals surface area contributed by atoms with Gasteiger partial charge >= 0.3 is 0 Å². The highest BCUT2D eigenvalue weighted by Crippen LogP contribution is 2.41. The average Bonchev–Trinajstić information content (AvgIpc) is 2.72. The van der Waals surface area contributed by atoms with Crippen molar-refractivity contribution >= 4 is 26.7 Å². The van der Waals surface area contributed by atoms with Gasteiger partial charge in [-0.1, -0.05) is 88.7 Å². The van der Waals surface area contributed by atoms with Gasteiger partial charge in [0.05, 0.1) is 0 Å². The lowest BCUT2D eigenvalue weighted by Crippen LogP contribution is -2.00. The average molecular weight is 431 g/mol. The van der Waals surface area contributed by atoms with Crippen molar-refractivity contribution in [3.8, 4) is 16.9 Å². The number of halogens is 1. The Labute approximate surface area is 175 Å². The van der Waals surface area contributed by atoms with Crippen molar-refractivity contribution in [2.45, 2.75) is 25.8 Å². The molecule has 0 bridgehead atoms. The van der Waals surface area contributed by atoms with Crippen LogP contribution in [0.4, 0.5) is 0 Å². The lowest BCUT2D eigenvalue weighted by Gasteiger charge is -2.19. The number of hydrogen-bond donors (Lipinski definition) is 0. The zero-order valence-electron chi connectivity index (χ0n) is 16.2. The normalized spacial score (nSPS) is 11.0. The molecule has 4 rings (SSSR count). The van der Waals surface area contributed by atoms with E-state index >= 15 is 0 Å². The van der Waals surface area contributed by atoms with E-state index in [1.807, 2.05) is 6.07 Å². The smallest absolute Gasteiger partial charge is 0.128 e. The Bertz CT molecular complexity index is 1120. The van der Waals surface area contributed by atoms with Crippen molar-refractivity contribution in [3.63, 3.8) is 0 Å². The topological polar surface area (TPSA) is 9.23 Å². The fourth-order valence-corrected chi connectivity index (χ4v) is 4.29. The van der Waals surface area contributed by atoms with Crippen LogP contribution in [0, 0.1) is 13.8 Å².